The van der Waals surface area contributed by atoms with Gasteiger partial charge in [0.1, 0.15) is 18.1 Å². The van der Waals surface area contributed by atoms with E-state index in [2.05, 4.69) is 13.5 Å². The molecule has 0 radical (unpaired) electrons. The number of carbonyl (C=O) groups excluding carboxylic acids is 2. The molecule has 3 aromatic rings. The summed E-state index contributed by atoms with van der Waals surface area (Å²) in [7, 11) is 0. The number of hydrogen-bond donors (Lipinski definition) is 0. The Bertz CT molecular complexity index is 1350. The van der Waals surface area contributed by atoms with E-state index >= 15 is 0 Å². The molecule has 0 aliphatic carbocycles. The molecule has 47 heavy (non-hydrogen) atoms. The van der Waals surface area contributed by atoms with E-state index in [4.69, 9.17) is 18.9 Å². The smallest absolute Gasteiger partial charge is 0.414 e. The molecule has 9 heteroatoms. The van der Waals surface area contributed by atoms with E-state index in [1.54, 1.807) is 30.3 Å². The second-order valence-corrected chi connectivity index (χ2v) is 11.3. The summed E-state index contributed by atoms with van der Waals surface area (Å²) in [5, 5.41) is 0. The maximum absolute atomic E-state index is 13.4. The van der Waals surface area contributed by atoms with Gasteiger partial charge in [-0.15, -0.1) is 0 Å². The van der Waals surface area contributed by atoms with Crippen molar-refractivity contribution in [1.29, 1.82) is 0 Å². The molecule has 0 spiro atoms. The van der Waals surface area contributed by atoms with Crippen molar-refractivity contribution >= 4 is 11.9 Å². The Hall–Kier alpha value is -4.11. The molecule has 3 aromatic carbocycles. The van der Waals surface area contributed by atoms with Gasteiger partial charge in [0.05, 0.1) is 17.7 Å². The minimum Gasteiger partial charge on any atom is -0.490 e. The zero-order valence-electron chi connectivity index (χ0n) is 27.1. The molecule has 1 unspecified atom stereocenters. The molecule has 0 amide bonds. The average molecular weight is 655 g/mol. The minimum absolute atomic E-state index is 0.0125. The summed E-state index contributed by atoms with van der Waals surface area (Å²) >= 11 is 0. The molecular weight excluding hydrogens is 609 g/mol. The van der Waals surface area contributed by atoms with Crippen molar-refractivity contribution in [3.8, 4) is 22.6 Å². The molecule has 0 saturated heterocycles. The first-order valence-electron chi connectivity index (χ1n) is 16.3. The highest BCUT2D eigenvalue weighted by Gasteiger charge is 2.40. The summed E-state index contributed by atoms with van der Waals surface area (Å²) in [4.78, 5) is 25.1. The third-order valence-electron chi connectivity index (χ3n) is 7.52. The number of benzene rings is 3. The van der Waals surface area contributed by atoms with Crippen LogP contribution in [-0.4, -0.2) is 44.0 Å². The minimum atomic E-state index is -4.55. The fourth-order valence-corrected chi connectivity index (χ4v) is 4.84. The highest BCUT2D eigenvalue weighted by molar-refractivity contribution is 5.92. The van der Waals surface area contributed by atoms with E-state index in [1.807, 2.05) is 24.3 Å². The predicted molar refractivity (Wildman–Crippen MR) is 177 cm³/mol. The summed E-state index contributed by atoms with van der Waals surface area (Å²) in [6, 6.07) is 20.1. The highest BCUT2D eigenvalue weighted by Crippen LogP contribution is 2.27. The van der Waals surface area contributed by atoms with Gasteiger partial charge in [-0.1, -0.05) is 95.2 Å². The number of halogens is 3. The van der Waals surface area contributed by atoms with Crippen molar-refractivity contribution in [3.05, 3.63) is 96.6 Å². The number of ether oxygens (including phenoxy) is 4. The Morgan fingerprint density at radius 2 is 1.21 bits per heavy atom. The Morgan fingerprint density at radius 3 is 1.79 bits per heavy atom. The van der Waals surface area contributed by atoms with E-state index in [0.29, 0.717) is 18.6 Å². The van der Waals surface area contributed by atoms with Gasteiger partial charge in [0, 0.05) is 13.0 Å². The molecule has 254 valence electrons. The van der Waals surface area contributed by atoms with Crippen LogP contribution in [0.2, 0.25) is 0 Å². The fourth-order valence-electron chi connectivity index (χ4n) is 4.84. The Kier molecular flexibility index (Phi) is 16.0. The maximum atomic E-state index is 13.4. The third-order valence-corrected chi connectivity index (χ3v) is 7.52. The lowest BCUT2D eigenvalue weighted by molar-refractivity contribution is -0.224. The molecule has 0 fully saturated rings. The van der Waals surface area contributed by atoms with Crippen LogP contribution in [0, 0.1) is 0 Å². The van der Waals surface area contributed by atoms with Gasteiger partial charge in [-0.25, -0.2) is 9.59 Å². The van der Waals surface area contributed by atoms with Gasteiger partial charge < -0.3 is 18.9 Å². The molecule has 0 aromatic heterocycles. The highest BCUT2D eigenvalue weighted by atomic mass is 19.4. The van der Waals surface area contributed by atoms with Gasteiger partial charge >= 0.3 is 18.1 Å². The second kappa shape index (κ2) is 20.2. The van der Waals surface area contributed by atoms with Gasteiger partial charge in [-0.2, -0.15) is 13.2 Å². The number of rotatable bonds is 21. The number of esters is 2. The van der Waals surface area contributed by atoms with Crippen LogP contribution in [-0.2, 0) is 9.47 Å². The van der Waals surface area contributed by atoms with E-state index in [1.165, 1.54) is 49.9 Å². The van der Waals surface area contributed by atoms with Gasteiger partial charge in [0.25, 0.3) is 0 Å². The van der Waals surface area contributed by atoms with E-state index in [0.717, 1.165) is 42.6 Å². The standard InChI is InChI=1S/C38H45F3O6/c1-3-5-6-7-8-9-10-11-12-27-45-35(38(39,40)41)25-28-46-36(42)31-19-23-34(24-20-31)47-37(43)32-15-13-29(14-16-32)30-17-21-33(22-18-30)44-26-4-2/h4,13-24,35H,2-3,5-12,25-28H2,1H3. The number of hydrogen-bond acceptors (Lipinski definition) is 6. The normalized spacial score (nSPS) is 11.9. The summed E-state index contributed by atoms with van der Waals surface area (Å²) in [5.41, 5.74) is 2.32. The molecule has 0 aliphatic heterocycles. The van der Waals surface area contributed by atoms with Gasteiger partial charge in [-0.05, 0) is 66.1 Å². The number of unbranched alkanes of at least 4 members (excludes halogenated alkanes) is 8. The van der Waals surface area contributed by atoms with Crippen LogP contribution in [0.3, 0.4) is 0 Å². The first-order valence-corrected chi connectivity index (χ1v) is 16.3. The lowest BCUT2D eigenvalue weighted by Crippen LogP contribution is -2.33. The second-order valence-electron chi connectivity index (χ2n) is 11.3. The van der Waals surface area contributed by atoms with Crippen molar-refractivity contribution in [3.63, 3.8) is 0 Å². The Morgan fingerprint density at radius 1 is 0.702 bits per heavy atom. The molecule has 3 rings (SSSR count). The lowest BCUT2D eigenvalue weighted by atomic mass is 10.0. The summed E-state index contributed by atoms with van der Waals surface area (Å²) in [6.45, 7) is 5.79. The fraction of sp³-hybridized carbons (Fsp3) is 0.421. The molecule has 0 heterocycles. The van der Waals surface area contributed by atoms with Crippen LogP contribution < -0.4 is 9.47 Å². The zero-order valence-corrected chi connectivity index (χ0v) is 27.1. The predicted octanol–water partition coefficient (Wildman–Crippen LogP) is 10.2. The van der Waals surface area contributed by atoms with Crippen LogP contribution in [0.5, 0.6) is 11.5 Å². The maximum Gasteiger partial charge on any atom is 0.414 e. The van der Waals surface area contributed by atoms with Crippen molar-refractivity contribution in [2.75, 3.05) is 19.8 Å². The molecule has 1 atom stereocenters. The lowest BCUT2D eigenvalue weighted by Gasteiger charge is -2.20. The average Bonchev–Trinajstić information content (AvgIpc) is 3.07. The monoisotopic (exact) mass is 654 g/mol. The Balaban J connectivity index is 1.39. The molecule has 0 bridgehead atoms. The van der Waals surface area contributed by atoms with Gasteiger partial charge in [0.2, 0.25) is 0 Å². The van der Waals surface area contributed by atoms with Crippen molar-refractivity contribution in [2.24, 2.45) is 0 Å². The number of alkyl halides is 3. The third kappa shape index (κ3) is 13.6. The molecule has 0 N–H and O–H groups in total. The largest absolute Gasteiger partial charge is 0.490 e. The summed E-state index contributed by atoms with van der Waals surface area (Å²) < 4.78 is 61.4. The van der Waals surface area contributed by atoms with Gasteiger partial charge in [0.15, 0.2) is 6.10 Å². The van der Waals surface area contributed by atoms with Crippen LogP contribution in [0.25, 0.3) is 11.1 Å². The van der Waals surface area contributed by atoms with Gasteiger partial charge in [-0.3, -0.25) is 0 Å². The van der Waals surface area contributed by atoms with E-state index in [-0.39, 0.29) is 17.9 Å². The molecule has 0 aliphatic rings. The van der Waals surface area contributed by atoms with E-state index in [9.17, 15) is 22.8 Å². The first kappa shape index (κ1) is 37.3. The summed E-state index contributed by atoms with van der Waals surface area (Å²) in [6.07, 6.45) is 4.13. The molecular formula is C38H45F3O6. The van der Waals surface area contributed by atoms with Crippen LogP contribution in [0.15, 0.2) is 85.5 Å². The van der Waals surface area contributed by atoms with E-state index < -0.39 is 37.2 Å². The number of carbonyl (C=O) groups is 2. The Labute approximate surface area is 275 Å². The first-order chi connectivity index (χ1) is 22.7. The van der Waals surface area contributed by atoms with Crippen molar-refractivity contribution in [1.82, 2.24) is 0 Å². The van der Waals surface area contributed by atoms with Crippen molar-refractivity contribution < 1.29 is 41.7 Å². The van der Waals surface area contributed by atoms with Crippen molar-refractivity contribution in [2.45, 2.75) is 83.4 Å². The SMILES string of the molecule is C=CCOc1ccc(-c2ccc(C(=O)Oc3ccc(C(=O)OCCC(OCCCCCCCCCCC)C(F)(F)F)cc3)cc2)cc1. The molecule has 6 nitrogen and oxygen atoms in total. The summed E-state index contributed by atoms with van der Waals surface area (Å²) in [5.74, 6) is -0.431. The molecule has 0 saturated carbocycles. The van der Waals surface area contributed by atoms with Crippen LogP contribution in [0.4, 0.5) is 13.2 Å². The van der Waals surface area contributed by atoms with Crippen LogP contribution in [0.1, 0.15) is 91.8 Å². The topological polar surface area (TPSA) is 71.1 Å². The quantitative estimate of drug-likeness (QED) is 0.0493. The van der Waals surface area contributed by atoms with Crippen LogP contribution >= 0.6 is 0 Å². The zero-order chi connectivity index (χ0) is 33.9.